The largest absolute Gasteiger partial charge is 0.368 e. The highest BCUT2D eigenvalue weighted by molar-refractivity contribution is 7.99. The highest BCUT2D eigenvalue weighted by Gasteiger charge is 2.36. The van der Waals surface area contributed by atoms with E-state index in [1.165, 1.54) is 21.2 Å². The van der Waals surface area contributed by atoms with Gasteiger partial charge in [0.2, 0.25) is 0 Å². The predicted octanol–water partition coefficient (Wildman–Crippen LogP) is 5.67. The van der Waals surface area contributed by atoms with Crippen molar-refractivity contribution in [3.8, 4) is 0 Å². The highest BCUT2D eigenvalue weighted by atomic mass is 32.2. The van der Waals surface area contributed by atoms with E-state index in [9.17, 15) is 0 Å². The first-order chi connectivity index (χ1) is 10.2. The zero-order chi connectivity index (χ0) is 16.1. The fourth-order valence-electron chi connectivity index (χ4n) is 3.10. The molecule has 1 aliphatic rings. The second kappa shape index (κ2) is 5.29. The van der Waals surface area contributed by atoms with Crippen molar-refractivity contribution >= 4 is 44.6 Å². The van der Waals surface area contributed by atoms with E-state index < -0.39 is 16.3 Å². The molecule has 116 valence electrons. The molecule has 1 aliphatic heterocycles. The normalized spacial score (nSPS) is 14.5. The molecule has 0 radical (unpaired) electrons. The monoisotopic (exact) mass is 343 g/mol. The lowest BCUT2D eigenvalue weighted by Crippen LogP contribution is -2.50. The first kappa shape index (κ1) is 15.9. The summed E-state index contributed by atoms with van der Waals surface area (Å²) in [6, 6.07) is 15.8. The number of hydrogen-bond acceptors (Lipinski definition) is 2. The summed E-state index contributed by atoms with van der Waals surface area (Å²) in [5.41, 5.74) is 2.91. The van der Waals surface area contributed by atoms with E-state index in [1.807, 2.05) is 11.8 Å². The summed E-state index contributed by atoms with van der Waals surface area (Å²) >= 11 is 1.94. The summed E-state index contributed by atoms with van der Waals surface area (Å²) in [6.07, 6.45) is 0. The standard InChI is InChI=1S/C18H25NSSi2/c1-21(2,3)17-13-9-12-16-18(17)19(22(4,5)6)14-10-7-8-11-15(14)20-16/h7-13H,1-6H3. The van der Waals surface area contributed by atoms with Crippen LogP contribution in [0.3, 0.4) is 0 Å². The highest BCUT2D eigenvalue weighted by Crippen LogP contribution is 2.49. The summed E-state index contributed by atoms with van der Waals surface area (Å²) < 4.78 is 2.70. The van der Waals surface area contributed by atoms with E-state index in [2.05, 4.69) is 86.3 Å². The van der Waals surface area contributed by atoms with Gasteiger partial charge >= 0.3 is 0 Å². The minimum absolute atomic E-state index is 1.39. The van der Waals surface area contributed by atoms with Crippen LogP contribution in [0.4, 0.5) is 11.4 Å². The first-order valence-electron chi connectivity index (χ1n) is 7.90. The number of rotatable bonds is 2. The summed E-state index contributed by atoms with van der Waals surface area (Å²) in [6.45, 7) is 14.7. The molecule has 0 atom stereocenters. The van der Waals surface area contributed by atoms with Crippen molar-refractivity contribution in [2.24, 2.45) is 0 Å². The van der Waals surface area contributed by atoms with Gasteiger partial charge in [0.15, 0.2) is 8.24 Å². The van der Waals surface area contributed by atoms with Crippen LogP contribution in [0.1, 0.15) is 0 Å². The van der Waals surface area contributed by atoms with Crippen LogP contribution in [0.25, 0.3) is 0 Å². The fourth-order valence-corrected chi connectivity index (χ4v) is 7.94. The first-order valence-corrected chi connectivity index (χ1v) is 15.7. The lowest BCUT2D eigenvalue weighted by molar-refractivity contribution is 1.20. The maximum Gasteiger partial charge on any atom is 0.153 e. The molecule has 2 aromatic carbocycles. The topological polar surface area (TPSA) is 3.24 Å². The molecule has 22 heavy (non-hydrogen) atoms. The Balaban J connectivity index is 2.32. The Hall–Kier alpha value is -0.976. The summed E-state index contributed by atoms with van der Waals surface area (Å²) in [5, 5.41) is 1.59. The molecule has 4 heteroatoms. The minimum Gasteiger partial charge on any atom is -0.368 e. The van der Waals surface area contributed by atoms with Gasteiger partial charge in [0.25, 0.3) is 0 Å². The van der Waals surface area contributed by atoms with Crippen LogP contribution in [0.2, 0.25) is 39.3 Å². The summed E-state index contributed by atoms with van der Waals surface area (Å²) in [4.78, 5) is 2.83. The molecule has 0 amide bonds. The van der Waals surface area contributed by atoms with Crippen molar-refractivity contribution in [1.29, 1.82) is 0 Å². The third kappa shape index (κ3) is 2.68. The summed E-state index contributed by atoms with van der Waals surface area (Å²) in [7, 11) is -2.91. The second-order valence-corrected chi connectivity index (χ2v) is 18.9. The Labute approximate surface area is 140 Å². The van der Waals surface area contributed by atoms with E-state index in [0.29, 0.717) is 0 Å². The van der Waals surface area contributed by atoms with Gasteiger partial charge in [0.1, 0.15) is 0 Å². The molecular weight excluding hydrogens is 318 g/mol. The number of anilines is 2. The van der Waals surface area contributed by atoms with Crippen molar-refractivity contribution < 1.29 is 0 Å². The van der Waals surface area contributed by atoms with Gasteiger partial charge in [-0.15, -0.1) is 0 Å². The van der Waals surface area contributed by atoms with Crippen molar-refractivity contribution in [1.82, 2.24) is 0 Å². The Morgan fingerprint density at radius 1 is 0.773 bits per heavy atom. The van der Waals surface area contributed by atoms with Crippen LogP contribution >= 0.6 is 11.8 Å². The number of nitrogens with zero attached hydrogens (tertiary/aromatic N) is 1. The number of benzene rings is 2. The lowest BCUT2D eigenvalue weighted by atomic mass is 10.2. The molecule has 0 saturated carbocycles. The molecule has 1 heterocycles. The molecule has 0 aromatic heterocycles. The van der Waals surface area contributed by atoms with E-state index in [0.717, 1.165) is 0 Å². The minimum atomic E-state index is -1.53. The molecule has 0 spiro atoms. The molecule has 0 N–H and O–H groups in total. The van der Waals surface area contributed by atoms with E-state index in [1.54, 1.807) is 5.19 Å². The molecule has 0 bridgehead atoms. The Bertz CT molecular complexity index is 714. The van der Waals surface area contributed by atoms with Gasteiger partial charge in [-0.2, -0.15) is 0 Å². The maximum absolute atomic E-state index is 2.70. The molecule has 0 saturated heterocycles. The van der Waals surface area contributed by atoms with E-state index in [4.69, 9.17) is 0 Å². The summed E-state index contributed by atoms with van der Waals surface area (Å²) in [5.74, 6) is 0. The lowest BCUT2D eigenvalue weighted by Gasteiger charge is -2.44. The zero-order valence-corrected chi connectivity index (χ0v) is 17.2. The molecule has 3 rings (SSSR count). The zero-order valence-electron chi connectivity index (χ0n) is 14.4. The molecule has 0 aliphatic carbocycles. The number of fused-ring (bicyclic) bond motifs is 2. The SMILES string of the molecule is C[Si](C)(C)c1cccc2c1N([Si](C)(C)C)c1ccccc1S2. The Morgan fingerprint density at radius 2 is 1.41 bits per heavy atom. The Morgan fingerprint density at radius 3 is 2.05 bits per heavy atom. The molecule has 0 unspecified atom stereocenters. The molecule has 2 aromatic rings. The van der Waals surface area contributed by atoms with Crippen molar-refractivity contribution in [3.63, 3.8) is 0 Å². The van der Waals surface area contributed by atoms with E-state index in [-0.39, 0.29) is 0 Å². The van der Waals surface area contributed by atoms with Crippen LogP contribution in [0.15, 0.2) is 52.3 Å². The third-order valence-corrected chi connectivity index (χ3v) is 8.97. The smallest absolute Gasteiger partial charge is 0.153 e. The molecule has 0 fully saturated rings. The van der Waals surface area contributed by atoms with Gasteiger partial charge in [-0.1, -0.05) is 75.3 Å². The second-order valence-electron chi connectivity index (χ2n) is 7.98. The molecule has 1 nitrogen and oxygen atoms in total. The Kier molecular flexibility index (Phi) is 3.82. The van der Waals surface area contributed by atoms with E-state index >= 15 is 0 Å². The van der Waals surface area contributed by atoms with Crippen LogP contribution in [0, 0.1) is 0 Å². The van der Waals surface area contributed by atoms with Crippen molar-refractivity contribution in [2.45, 2.75) is 49.1 Å². The predicted molar refractivity (Wildman–Crippen MR) is 105 cm³/mol. The van der Waals surface area contributed by atoms with Crippen molar-refractivity contribution in [3.05, 3.63) is 42.5 Å². The van der Waals surface area contributed by atoms with Gasteiger partial charge < -0.3 is 4.57 Å². The number of hydrogen-bond donors (Lipinski definition) is 0. The third-order valence-electron chi connectivity index (χ3n) is 4.03. The fraction of sp³-hybridized carbons (Fsp3) is 0.333. The van der Waals surface area contributed by atoms with Crippen LogP contribution in [-0.4, -0.2) is 16.3 Å². The quantitative estimate of drug-likeness (QED) is 0.646. The van der Waals surface area contributed by atoms with Gasteiger partial charge in [-0.25, -0.2) is 0 Å². The van der Waals surface area contributed by atoms with Gasteiger partial charge in [-0.05, 0) is 23.4 Å². The van der Waals surface area contributed by atoms with Crippen LogP contribution in [0.5, 0.6) is 0 Å². The average molecular weight is 344 g/mol. The maximum atomic E-state index is 2.70. The van der Waals surface area contributed by atoms with Crippen LogP contribution < -0.4 is 9.75 Å². The van der Waals surface area contributed by atoms with Gasteiger partial charge in [-0.3, -0.25) is 0 Å². The molecular formula is C18H25NSSi2. The van der Waals surface area contributed by atoms with Gasteiger partial charge in [0, 0.05) is 21.2 Å². The number of para-hydroxylation sites is 2. The van der Waals surface area contributed by atoms with Crippen molar-refractivity contribution in [2.75, 3.05) is 4.57 Å². The van der Waals surface area contributed by atoms with Crippen LogP contribution in [-0.2, 0) is 0 Å². The average Bonchev–Trinajstić information content (AvgIpc) is 2.41. The van der Waals surface area contributed by atoms with Gasteiger partial charge in [0.05, 0.1) is 8.07 Å².